The van der Waals surface area contributed by atoms with Crippen LogP contribution in [0.25, 0.3) is 0 Å². The first-order chi connectivity index (χ1) is 10.1. The highest BCUT2D eigenvalue weighted by Gasteiger charge is 2.22. The number of rotatable bonds is 5. The quantitative estimate of drug-likeness (QED) is 0.811. The zero-order chi connectivity index (χ0) is 14.8. The molecule has 3 heterocycles. The van der Waals surface area contributed by atoms with Crippen molar-refractivity contribution in [2.75, 3.05) is 11.9 Å². The molecule has 0 amide bonds. The molecule has 0 aromatic carbocycles. The maximum atomic E-state index is 12.1. The normalized spacial score (nSPS) is 16.7. The molecule has 0 radical (unpaired) electrons. The second kappa shape index (κ2) is 5.39. The van der Waals surface area contributed by atoms with Gasteiger partial charge >= 0.3 is 5.97 Å². The van der Waals surface area contributed by atoms with Crippen LogP contribution < -0.4 is 10.9 Å². The van der Waals surface area contributed by atoms with Crippen molar-refractivity contribution in [3.63, 3.8) is 0 Å². The van der Waals surface area contributed by atoms with Crippen molar-refractivity contribution in [3.8, 4) is 0 Å². The van der Waals surface area contributed by atoms with Gasteiger partial charge in [-0.15, -0.1) is 0 Å². The number of carboxylic acid groups (broad SMARTS) is 1. The number of anilines is 1. The lowest BCUT2D eigenvalue weighted by molar-refractivity contribution is -0.137. The summed E-state index contributed by atoms with van der Waals surface area (Å²) in [6.07, 6.45) is 8.37. The Morgan fingerprint density at radius 1 is 1.38 bits per heavy atom. The van der Waals surface area contributed by atoms with Crippen LogP contribution >= 0.6 is 0 Å². The molecular weight excluding hydrogens is 274 g/mol. The molecule has 0 spiro atoms. The maximum Gasteiger partial charge on any atom is 0.323 e. The molecule has 1 aliphatic rings. The molecule has 8 heteroatoms. The third-order valence-corrected chi connectivity index (χ3v) is 3.57. The van der Waals surface area contributed by atoms with Gasteiger partial charge in [0.15, 0.2) is 5.82 Å². The fourth-order valence-electron chi connectivity index (χ4n) is 2.56. The van der Waals surface area contributed by atoms with E-state index in [1.165, 1.54) is 12.4 Å². The van der Waals surface area contributed by atoms with Crippen LogP contribution in [0.5, 0.6) is 0 Å². The lowest BCUT2D eigenvalue weighted by Crippen LogP contribution is -2.28. The van der Waals surface area contributed by atoms with E-state index in [2.05, 4.69) is 19.9 Å². The molecule has 0 bridgehead atoms. The molecule has 2 N–H and O–H groups in total. The molecule has 2 aromatic heterocycles. The first-order valence-corrected chi connectivity index (χ1v) is 6.68. The number of aromatic nitrogens is 4. The Hall–Kier alpha value is -2.64. The Morgan fingerprint density at radius 3 is 3.00 bits per heavy atom. The summed E-state index contributed by atoms with van der Waals surface area (Å²) in [6.45, 7) is 0.188. The number of hydrogen-bond donors (Lipinski definition) is 2. The van der Waals surface area contributed by atoms with Gasteiger partial charge < -0.3 is 15.0 Å². The van der Waals surface area contributed by atoms with Gasteiger partial charge in [0.1, 0.15) is 12.4 Å². The predicted octanol–water partition coefficient (Wildman–Crippen LogP) is 0.124. The summed E-state index contributed by atoms with van der Waals surface area (Å²) >= 11 is 0. The predicted molar refractivity (Wildman–Crippen MR) is 74.2 cm³/mol. The summed E-state index contributed by atoms with van der Waals surface area (Å²) in [5.74, 6) is 0.159. The molecule has 8 nitrogen and oxygen atoms in total. The number of imidazole rings is 1. The Labute approximate surface area is 120 Å². The number of aryl methyl sites for hydroxylation is 1. The fraction of sp³-hybridized carbons (Fsp3) is 0.385. The van der Waals surface area contributed by atoms with Gasteiger partial charge in [-0.25, -0.2) is 9.97 Å². The Balaban J connectivity index is 1.72. The van der Waals surface area contributed by atoms with Crippen LogP contribution in [0.1, 0.15) is 18.3 Å². The van der Waals surface area contributed by atoms with Crippen molar-refractivity contribution < 1.29 is 9.90 Å². The van der Waals surface area contributed by atoms with Gasteiger partial charge in [0.2, 0.25) is 0 Å². The molecule has 3 rings (SSSR count). The minimum Gasteiger partial charge on any atom is -0.480 e. The lowest BCUT2D eigenvalue weighted by atomic mass is 10.2. The first kappa shape index (κ1) is 13.3. The van der Waals surface area contributed by atoms with Crippen LogP contribution in [0.3, 0.4) is 0 Å². The zero-order valence-electron chi connectivity index (χ0n) is 11.3. The number of carboxylic acids is 1. The van der Waals surface area contributed by atoms with Gasteiger partial charge in [-0.05, 0) is 6.42 Å². The number of nitrogens with zero attached hydrogens (tertiary/aromatic N) is 4. The summed E-state index contributed by atoms with van der Waals surface area (Å²) < 4.78 is 3.21. The third kappa shape index (κ3) is 2.64. The van der Waals surface area contributed by atoms with Gasteiger partial charge in [-0.1, -0.05) is 0 Å². The summed E-state index contributed by atoms with van der Waals surface area (Å²) in [5.41, 5.74) is -0.427. The highest BCUT2D eigenvalue weighted by molar-refractivity contribution is 5.66. The van der Waals surface area contributed by atoms with Crippen LogP contribution in [0.2, 0.25) is 0 Å². The summed E-state index contributed by atoms with van der Waals surface area (Å²) in [4.78, 5) is 31.0. The van der Waals surface area contributed by atoms with Gasteiger partial charge in [-0.3, -0.25) is 14.2 Å². The average molecular weight is 289 g/mol. The third-order valence-electron chi connectivity index (χ3n) is 3.57. The number of nitrogens with one attached hydrogen (secondary N) is 1. The van der Waals surface area contributed by atoms with Crippen molar-refractivity contribution in [2.24, 2.45) is 0 Å². The van der Waals surface area contributed by atoms with E-state index in [1.807, 2.05) is 6.20 Å². The highest BCUT2D eigenvalue weighted by atomic mass is 16.4. The van der Waals surface area contributed by atoms with Gasteiger partial charge in [0, 0.05) is 37.8 Å². The first-order valence-electron chi connectivity index (χ1n) is 6.68. The van der Waals surface area contributed by atoms with Gasteiger partial charge in [-0.2, -0.15) is 0 Å². The van der Waals surface area contributed by atoms with Crippen molar-refractivity contribution in [1.82, 2.24) is 19.1 Å². The minimum atomic E-state index is -1.06. The molecule has 2 aromatic rings. The van der Waals surface area contributed by atoms with Crippen molar-refractivity contribution in [2.45, 2.75) is 25.4 Å². The molecule has 0 saturated heterocycles. The average Bonchev–Trinajstić information content (AvgIpc) is 3.03. The van der Waals surface area contributed by atoms with Crippen LogP contribution in [-0.4, -0.2) is 36.7 Å². The van der Waals surface area contributed by atoms with Crippen molar-refractivity contribution >= 4 is 11.8 Å². The molecule has 21 heavy (non-hydrogen) atoms. The molecular formula is C13H15N5O3. The topological polar surface area (TPSA) is 102 Å². The smallest absolute Gasteiger partial charge is 0.323 e. The van der Waals surface area contributed by atoms with E-state index < -0.39 is 11.5 Å². The van der Waals surface area contributed by atoms with Crippen molar-refractivity contribution in [3.05, 3.63) is 41.0 Å². The van der Waals surface area contributed by atoms with E-state index >= 15 is 0 Å². The largest absolute Gasteiger partial charge is 0.480 e. The number of aliphatic carboxylic acids is 1. The standard InChI is InChI=1S/C13H15N5O3/c19-11(20)8-17-5-3-15-12(13(17)21)16-7-9-1-2-10-14-4-6-18(9)10/h3-6,9H,1-2,7-8H2,(H,15,16)(H,19,20)/t9-/m1/s1. The zero-order valence-corrected chi connectivity index (χ0v) is 11.3. The van der Waals surface area contributed by atoms with Gasteiger partial charge in [0.25, 0.3) is 5.56 Å². The SMILES string of the molecule is O=C(O)Cn1ccnc(NC[C@H]2CCc3nccn32)c1=O. The molecule has 0 saturated carbocycles. The summed E-state index contributed by atoms with van der Waals surface area (Å²) in [6, 6.07) is 0.233. The summed E-state index contributed by atoms with van der Waals surface area (Å²) in [7, 11) is 0. The van der Waals surface area contributed by atoms with E-state index in [-0.39, 0.29) is 18.4 Å². The lowest BCUT2D eigenvalue weighted by Gasteiger charge is -2.14. The van der Waals surface area contributed by atoms with E-state index in [1.54, 1.807) is 6.20 Å². The van der Waals surface area contributed by atoms with Crippen LogP contribution in [-0.2, 0) is 17.8 Å². The monoisotopic (exact) mass is 289 g/mol. The fourth-order valence-corrected chi connectivity index (χ4v) is 2.56. The van der Waals surface area contributed by atoms with Crippen LogP contribution in [0.15, 0.2) is 29.6 Å². The second-order valence-corrected chi connectivity index (χ2v) is 4.93. The van der Waals surface area contributed by atoms with Crippen molar-refractivity contribution in [1.29, 1.82) is 0 Å². The van der Waals surface area contributed by atoms with E-state index in [0.717, 1.165) is 23.2 Å². The van der Waals surface area contributed by atoms with E-state index in [4.69, 9.17) is 5.11 Å². The number of hydrogen-bond acceptors (Lipinski definition) is 5. The molecule has 0 aliphatic carbocycles. The van der Waals surface area contributed by atoms with Crippen LogP contribution in [0.4, 0.5) is 5.82 Å². The Kier molecular flexibility index (Phi) is 3.43. The maximum absolute atomic E-state index is 12.1. The van der Waals surface area contributed by atoms with Crippen LogP contribution in [0, 0.1) is 0 Å². The highest BCUT2D eigenvalue weighted by Crippen LogP contribution is 2.24. The second-order valence-electron chi connectivity index (χ2n) is 4.93. The molecule has 1 aliphatic heterocycles. The molecule has 0 fully saturated rings. The molecule has 1 atom stereocenters. The summed E-state index contributed by atoms with van der Waals surface area (Å²) in [5, 5.41) is 11.8. The Bertz CT molecular complexity index is 721. The number of carbonyl (C=O) groups is 1. The van der Waals surface area contributed by atoms with E-state index in [0.29, 0.717) is 6.54 Å². The Morgan fingerprint density at radius 2 is 2.19 bits per heavy atom. The number of fused-ring (bicyclic) bond motifs is 1. The van der Waals surface area contributed by atoms with E-state index in [9.17, 15) is 9.59 Å². The van der Waals surface area contributed by atoms with Gasteiger partial charge in [0.05, 0.1) is 6.04 Å². The molecule has 110 valence electrons. The molecule has 0 unspecified atom stereocenters. The minimum absolute atomic E-state index is 0.173.